The van der Waals surface area contributed by atoms with Crippen LogP contribution in [0.5, 0.6) is 0 Å². The first-order valence-corrected chi connectivity index (χ1v) is 10.6. The predicted octanol–water partition coefficient (Wildman–Crippen LogP) is 3.84. The molecule has 2 rings (SSSR count). The average molecular weight is 531 g/mol. The van der Waals surface area contributed by atoms with Crippen molar-refractivity contribution in [3.8, 4) is 0 Å². The van der Waals surface area contributed by atoms with E-state index in [1.165, 1.54) is 12.1 Å². The molecule has 1 unspecified atom stereocenters. The Morgan fingerprint density at radius 3 is 2.67 bits per heavy atom. The van der Waals surface area contributed by atoms with E-state index in [1.807, 2.05) is 4.90 Å². The molecule has 1 aromatic rings. The van der Waals surface area contributed by atoms with Crippen molar-refractivity contribution < 1.29 is 9.72 Å². The SMILES string of the molecule is CCC(C)NC(=NCc1ccc([N+](=O)[O-])cc1)NCCCN1CCCCCC1=O.I. The molecule has 0 saturated carbocycles. The Morgan fingerprint density at radius 1 is 1.27 bits per heavy atom. The molecule has 1 amide bonds. The lowest BCUT2D eigenvalue weighted by atomic mass is 10.2. The summed E-state index contributed by atoms with van der Waals surface area (Å²) in [5.41, 5.74) is 0.993. The summed E-state index contributed by atoms with van der Waals surface area (Å²) >= 11 is 0. The van der Waals surface area contributed by atoms with E-state index in [9.17, 15) is 14.9 Å². The van der Waals surface area contributed by atoms with E-state index in [1.54, 1.807) is 12.1 Å². The summed E-state index contributed by atoms with van der Waals surface area (Å²) in [4.78, 5) is 29.0. The van der Waals surface area contributed by atoms with Gasteiger partial charge >= 0.3 is 0 Å². The summed E-state index contributed by atoms with van der Waals surface area (Å²) in [6.07, 6.45) is 5.75. The van der Waals surface area contributed by atoms with Gasteiger partial charge in [0.15, 0.2) is 5.96 Å². The number of nitrogens with zero attached hydrogens (tertiary/aromatic N) is 3. The van der Waals surface area contributed by atoms with E-state index >= 15 is 0 Å². The molecule has 1 fully saturated rings. The van der Waals surface area contributed by atoms with Crippen molar-refractivity contribution in [2.45, 2.75) is 65.0 Å². The van der Waals surface area contributed by atoms with Crippen LogP contribution in [-0.4, -0.2) is 47.4 Å². The number of nitro benzene ring substituents is 1. The molecule has 8 nitrogen and oxygen atoms in total. The number of likely N-dealkylation sites (tertiary alicyclic amines) is 1. The molecule has 1 atom stereocenters. The largest absolute Gasteiger partial charge is 0.356 e. The van der Waals surface area contributed by atoms with Crippen molar-refractivity contribution in [3.05, 3.63) is 39.9 Å². The van der Waals surface area contributed by atoms with Crippen LogP contribution in [0.15, 0.2) is 29.3 Å². The lowest BCUT2D eigenvalue weighted by molar-refractivity contribution is -0.384. The molecule has 1 aromatic carbocycles. The second-order valence-electron chi connectivity index (χ2n) is 7.51. The van der Waals surface area contributed by atoms with Gasteiger partial charge in [-0.1, -0.05) is 25.5 Å². The zero-order valence-corrected chi connectivity index (χ0v) is 20.3. The van der Waals surface area contributed by atoms with Crippen molar-refractivity contribution in [2.24, 2.45) is 4.99 Å². The van der Waals surface area contributed by atoms with Gasteiger partial charge in [-0.2, -0.15) is 0 Å². The molecule has 9 heteroatoms. The minimum absolute atomic E-state index is 0. The van der Waals surface area contributed by atoms with Gasteiger partial charge in [-0.25, -0.2) is 4.99 Å². The molecular weight excluding hydrogens is 497 g/mol. The fraction of sp³-hybridized carbons (Fsp3) is 0.619. The number of hydrogen-bond acceptors (Lipinski definition) is 4. The third-order valence-corrected chi connectivity index (χ3v) is 5.13. The van der Waals surface area contributed by atoms with Gasteiger partial charge in [-0.15, -0.1) is 24.0 Å². The summed E-state index contributed by atoms with van der Waals surface area (Å²) < 4.78 is 0. The maximum Gasteiger partial charge on any atom is 0.269 e. The maximum atomic E-state index is 12.1. The smallest absolute Gasteiger partial charge is 0.269 e. The number of hydrogen-bond donors (Lipinski definition) is 2. The molecular formula is C21H34IN5O3. The Kier molecular flexibility index (Phi) is 12.3. The number of rotatable bonds is 9. The summed E-state index contributed by atoms with van der Waals surface area (Å²) in [7, 11) is 0. The van der Waals surface area contributed by atoms with Crippen LogP contribution in [0.3, 0.4) is 0 Å². The van der Waals surface area contributed by atoms with Gasteiger partial charge in [-0.05, 0) is 38.2 Å². The molecule has 1 aliphatic rings. The number of carbonyl (C=O) groups excluding carboxylic acids is 1. The second kappa shape index (κ2) is 14.2. The summed E-state index contributed by atoms with van der Waals surface area (Å²) in [5, 5.41) is 17.5. The predicted molar refractivity (Wildman–Crippen MR) is 130 cm³/mol. The number of amides is 1. The molecule has 2 N–H and O–H groups in total. The van der Waals surface area contributed by atoms with Gasteiger partial charge in [-0.3, -0.25) is 14.9 Å². The highest BCUT2D eigenvalue weighted by Gasteiger charge is 2.15. The standard InChI is InChI=1S/C21H33N5O3.HI/c1-3-17(2)24-21(23-16-18-9-11-19(12-10-18)26(28)29)22-13-7-15-25-14-6-4-5-8-20(25)27;/h9-12,17H,3-8,13-16H2,1-2H3,(H2,22,23,24);1H. The van der Waals surface area contributed by atoms with Crippen LogP contribution in [0.2, 0.25) is 0 Å². The van der Waals surface area contributed by atoms with Gasteiger partial charge in [0, 0.05) is 44.2 Å². The summed E-state index contributed by atoms with van der Waals surface area (Å²) in [6.45, 7) is 7.01. The Bertz CT molecular complexity index is 696. The molecule has 0 aromatic heterocycles. The third-order valence-electron chi connectivity index (χ3n) is 5.13. The summed E-state index contributed by atoms with van der Waals surface area (Å²) in [6, 6.07) is 6.74. The first kappa shape index (κ1) is 26.1. The maximum absolute atomic E-state index is 12.1. The van der Waals surface area contributed by atoms with E-state index in [0.29, 0.717) is 13.0 Å². The molecule has 1 aliphatic heterocycles. The lowest BCUT2D eigenvalue weighted by Gasteiger charge is -2.21. The van der Waals surface area contributed by atoms with Crippen LogP contribution < -0.4 is 10.6 Å². The topological polar surface area (TPSA) is 99.9 Å². The highest BCUT2D eigenvalue weighted by atomic mass is 127. The van der Waals surface area contributed by atoms with Crippen LogP contribution in [0.4, 0.5) is 5.69 Å². The number of aliphatic imine (C=N–C) groups is 1. The Morgan fingerprint density at radius 2 is 2.00 bits per heavy atom. The van der Waals surface area contributed by atoms with Crippen molar-refractivity contribution >= 4 is 41.5 Å². The van der Waals surface area contributed by atoms with Crippen molar-refractivity contribution in [3.63, 3.8) is 0 Å². The molecule has 168 valence electrons. The van der Waals surface area contributed by atoms with Crippen LogP contribution >= 0.6 is 24.0 Å². The molecule has 1 heterocycles. The van der Waals surface area contributed by atoms with Crippen molar-refractivity contribution in [1.29, 1.82) is 0 Å². The minimum Gasteiger partial charge on any atom is -0.356 e. The number of carbonyl (C=O) groups is 1. The zero-order valence-electron chi connectivity index (χ0n) is 17.9. The lowest BCUT2D eigenvalue weighted by Crippen LogP contribution is -2.43. The van der Waals surface area contributed by atoms with Crippen LogP contribution in [0, 0.1) is 10.1 Å². The normalized spacial score (nSPS) is 15.7. The second-order valence-corrected chi connectivity index (χ2v) is 7.51. The van der Waals surface area contributed by atoms with E-state index in [2.05, 4.69) is 29.5 Å². The fourth-order valence-electron chi connectivity index (χ4n) is 3.13. The van der Waals surface area contributed by atoms with Crippen LogP contribution in [-0.2, 0) is 11.3 Å². The monoisotopic (exact) mass is 531 g/mol. The van der Waals surface area contributed by atoms with E-state index in [4.69, 9.17) is 0 Å². The minimum atomic E-state index is -0.403. The Balaban J connectivity index is 0.00000450. The molecule has 30 heavy (non-hydrogen) atoms. The van der Waals surface area contributed by atoms with E-state index < -0.39 is 4.92 Å². The van der Waals surface area contributed by atoms with Gasteiger partial charge in [0.05, 0.1) is 11.5 Å². The van der Waals surface area contributed by atoms with E-state index in [0.717, 1.165) is 63.3 Å². The molecule has 0 bridgehead atoms. The van der Waals surface area contributed by atoms with E-state index in [-0.39, 0.29) is 41.6 Å². The highest BCUT2D eigenvalue weighted by Crippen LogP contribution is 2.13. The average Bonchev–Trinajstić information content (AvgIpc) is 2.93. The van der Waals surface area contributed by atoms with Gasteiger partial charge in [0.25, 0.3) is 5.69 Å². The number of nitrogens with one attached hydrogen (secondary N) is 2. The van der Waals surface area contributed by atoms with Crippen LogP contribution in [0.1, 0.15) is 57.9 Å². The molecule has 1 saturated heterocycles. The van der Waals surface area contributed by atoms with Gasteiger partial charge < -0.3 is 15.5 Å². The molecule has 0 aliphatic carbocycles. The number of guanidine groups is 1. The van der Waals surface area contributed by atoms with Crippen LogP contribution in [0.25, 0.3) is 0 Å². The number of benzene rings is 1. The Labute approximate surface area is 196 Å². The number of non-ortho nitro benzene ring substituents is 1. The van der Waals surface area contributed by atoms with Crippen molar-refractivity contribution in [2.75, 3.05) is 19.6 Å². The number of halogens is 1. The quantitative estimate of drug-likeness (QED) is 0.126. The first-order valence-electron chi connectivity index (χ1n) is 10.6. The molecule has 0 spiro atoms. The summed E-state index contributed by atoms with van der Waals surface area (Å²) in [5.74, 6) is 0.993. The van der Waals surface area contributed by atoms with Gasteiger partial charge in [0.1, 0.15) is 0 Å². The van der Waals surface area contributed by atoms with Gasteiger partial charge in [0.2, 0.25) is 5.91 Å². The highest BCUT2D eigenvalue weighted by molar-refractivity contribution is 14.0. The number of nitro groups is 1. The molecule has 0 radical (unpaired) electrons. The zero-order chi connectivity index (χ0) is 21.1. The first-order chi connectivity index (χ1) is 14.0. The fourth-order valence-corrected chi connectivity index (χ4v) is 3.13. The third kappa shape index (κ3) is 9.27. The Hall–Kier alpha value is -1.91. The van der Waals surface area contributed by atoms with Crippen molar-refractivity contribution in [1.82, 2.24) is 15.5 Å².